The number of carbonyl (C=O) groups is 2. The van der Waals surface area contributed by atoms with Crippen LogP contribution in [0.2, 0.25) is 0 Å². The second kappa shape index (κ2) is 8.45. The third-order valence-corrected chi connectivity index (χ3v) is 5.84. The topological polar surface area (TPSA) is 77.1 Å². The number of methoxy groups -OCH3 is 2. The number of amides is 2. The Balaban J connectivity index is 1.40. The number of fused-ring (bicyclic) bond motifs is 1. The Labute approximate surface area is 180 Å². The standard InChI is InChI=1S/C23H25FN2O5/c1-29-16-11-15(12-17(13-16)30-2)23(24)7-9-26(10-8-23)21(27)14-20-22(28)25-18-5-3-4-6-19(18)31-20/h3-6,11-13,20H,7-10,14H2,1-2H3,(H,25,28). The predicted molar refractivity (Wildman–Crippen MR) is 112 cm³/mol. The molecule has 2 aliphatic rings. The van der Waals surface area contributed by atoms with Crippen LogP contribution in [0.1, 0.15) is 24.8 Å². The first-order valence-corrected chi connectivity index (χ1v) is 10.2. The lowest BCUT2D eigenvalue weighted by molar-refractivity contribution is -0.139. The van der Waals surface area contributed by atoms with Gasteiger partial charge >= 0.3 is 0 Å². The van der Waals surface area contributed by atoms with Crippen LogP contribution < -0.4 is 19.5 Å². The van der Waals surface area contributed by atoms with E-state index >= 15 is 4.39 Å². The molecule has 0 aromatic heterocycles. The highest BCUT2D eigenvalue weighted by molar-refractivity contribution is 5.99. The average Bonchev–Trinajstić information content (AvgIpc) is 2.79. The summed E-state index contributed by atoms with van der Waals surface area (Å²) in [5.41, 5.74) is -0.525. The summed E-state index contributed by atoms with van der Waals surface area (Å²) in [6, 6.07) is 12.1. The van der Waals surface area contributed by atoms with Crippen molar-refractivity contribution in [1.82, 2.24) is 4.90 Å². The van der Waals surface area contributed by atoms with E-state index < -0.39 is 11.8 Å². The summed E-state index contributed by atoms with van der Waals surface area (Å²) in [5.74, 6) is 0.988. The van der Waals surface area contributed by atoms with Crippen LogP contribution in [0.15, 0.2) is 42.5 Å². The number of rotatable bonds is 5. The van der Waals surface area contributed by atoms with E-state index in [1.54, 1.807) is 47.4 Å². The zero-order valence-electron chi connectivity index (χ0n) is 17.5. The van der Waals surface area contributed by atoms with Crippen molar-refractivity contribution in [2.75, 3.05) is 32.6 Å². The van der Waals surface area contributed by atoms with Crippen LogP contribution in [-0.2, 0) is 15.3 Å². The first-order chi connectivity index (χ1) is 14.9. The van der Waals surface area contributed by atoms with Crippen LogP contribution in [0.3, 0.4) is 0 Å². The minimum Gasteiger partial charge on any atom is -0.497 e. The first-order valence-electron chi connectivity index (χ1n) is 10.2. The van der Waals surface area contributed by atoms with E-state index in [1.807, 2.05) is 0 Å². The molecule has 1 atom stereocenters. The summed E-state index contributed by atoms with van der Waals surface area (Å²) in [5, 5.41) is 2.76. The number of halogens is 1. The Hall–Kier alpha value is -3.29. The summed E-state index contributed by atoms with van der Waals surface area (Å²) < 4.78 is 31.9. The van der Waals surface area contributed by atoms with Crippen LogP contribution in [0.4, 0.5) is 10.1 Å². The third-order valence-electron chi connectivity index (χ3n) is 5.84. The number of anilines is 1. The quantitative estimate of drug-likeness (QED) is 0.791. The number of hydrogen-bond acceptors (Lipinski definition) is 5. The Morgan fingerprint density at radius 3 is 2.45 bits per heavy atom. The van der Waals surface area contributed by atoms with Gasteiger partial charge < -0.3 is 24.4 Å². The number of hydrogen-bond donors (Lipinski definition) is 1. The van der Waals surface area contributed by atoms with Gasteiger partial charge in [-0.15, -0.1) is 0 Å². The predicted octanol–water partition coefficient (Wildman–Crippen LogP) is 3.28. The third kappa shape index (κ3) is 4.28. The van der Waals surface area contributed by atoms with E-state index in [0.717, 1.165) is 0 Å². The lowest BCUT2D eigenvalue weighted by atomic mass is 9.85. The molecular formula is C23H25FN2O5. The zero-order valence-corrected chi connectivity index (χ0v) is 17.5. The summed E-state index contributed by atoms with van der Waals surface area (Å²) in [7, 11) is 3.04. The highest BCUT2D eigenvalue weighted by atomic mass is 19.1. The maximum absolute atomic E-state index is 15.7. The number of nitrogens with one attached hydrogen (secondary N) is 1. The van der Waals surface area contributed by atoms with Gasteiger partial charge in [0.1, 0.15) is 22.9 Å². The van der Waals surface area contributed by atoms with Gasteiger partial charge in [0.05, 0.1) is 26.3 Å². The van der Waals surface area contributed by atoms with Crippen molar-refractivity contribution in [2.24, 2.45) is 0 Å². The van der Waals surface area contributed by atoms with Crippen LogP contribution in [0.25, 0.3) is 0 Å². The van der Waals surface area contributed by atoms with Crippen molar-refractivity contribution in [3.8, 4) is 17.2 Å². The van der Waals surface area contributed by atoms with Crippen LogP contribution >= 0.6 is 0 Å². The molecule has 2 amide bonds. The van der Waals surface area contributed by atoms with Crippen molar-refractivity contribution in [3.05, 3.63) is 48.0 Å². The fraction of sp³-hybridized carbons (Fsp3) is 0.391. The molecule has 0 aliphatic carbocycles. The molecule has 0 radical (unpaired) electrons. The van der Waals surface area contributed by atoms with Crippen LogP contribution in [0, 0.1) is 0 Å². The highest BCUT2D eigenvalue weighted by Crippen LogP contribution is 2.40. The van der Waals surface area contributed by atoms with Crippen molar-refractivity contribution in [3.63, 3.8) is 0 Å². The second-order valence-electron chi connectivity index (χ2n) is 7.74. The summed E-state index contributed by atoms with van der Waals surface area (Å²) in [6.45, 7) is 0.500. The molecule has 31 heavy (non-hydrogen) atoms. The van der Waals surface area contributed by atoms with Crippen LogP contribution in [-0.4, -0.2) is 50.1 Å². The maximum Gasteiger partial charge on any atom is 0.266 e. The van der Waals surface area contributed by atoms with Gasteiger partial charge in [-0.1, -0.05) is 12.1 Å². The lowest BCUT2D eigenvalue weighted by Gasteiger charge is -2.37. The Bertz CT molecular complexity index is 965. The summed E-state index contributed by atoms with van der Waals surface area (Å²) >= 11 is 0. The van der Waals surface area contributed by atoms with Gasteiger partial charge in [-0.05, 0) is 29.8 Å². The van der Waals surface area contributed by atoms with Crippen LogP contribution in [0.5, 0.6) is 17.2 Å². The van der Waals surface area contributed by atoms with Crippen molar-refractivity contribution in [1.29, 1.82) is 0 Å². The number of benzene rings is 2. The number of likely N-dealkylation sites (tertiary alicyclic amines) is 1. The Kier molecular flexibility index (Phi) is 5.71. The second-order valence-corrected chi connectivity index (χ2v) is 7.74. The maximum atomic E-state index is 15.7. The van der Waals surface area contributed by atoms with E-state index in [2.05, 4.69) is 5.32 Å². The largest absolute Gasteiger partial charge is 0.497 e. The first kappa shape index (κ1) is 21.0. The zero-order chi connectivity index (χ0) is 22.0. The van der Waals surface area contributed by atoms with Gasteiger partial charge in [0, 0.05) is 32.0 Å². The molecule has 8 heteroatoms. The highest BCUT2D eigenvalue weighted by Gasteiger charge is 2.39. The molecule has 1 N–H and O–H groups in total. The van der Waals surface area contributed by atoms with Gasteiger partial charge in [0.15, 0.2) is 6.10 Å². The number of alkyl halides is 1. The molecule has 4 rings (SSSR count). The molecular weight excluding hydrogens is 403 g/mol. The lowest BCUT2D eigenvalue weighted by Crippen LogP contribution is -2.46. The number of para-hydroxylation sites is 2. The molecule has 7 nitrogen and oxygen atoms in total. The monoisotopic (exact) mass is 428 g/mol. The summed E-state index contributed by atoms with van der Waals surface area (Å²) in [6.07, 6.45) is -0.695. The molecule has 1 unspecified atom stereocenters. The fourth-order valence-electron chi connectivity index (χ4n) is 3.98. The molecule has 2 aromatic carbocycles. The Morgan fingerprint density at radius 2 is 1.81 bits per heavy atom. The van der Waals surface area contributed by atoms with Crippen molar-refractivity contribution in [2.45, 2.75) is 31.0 Å². The molecule has 0 bridgehead atoms. The molecule has 2 heterocycles. The SMILES string of the molecule is COc1cc(OC)cc(C2(F)CCN(C(=O)CC3Oc4ccccc4NC3=O)CC2)c1. The molecule has 1 saturated heterocycles. The van der Waals surface area contributed by atoms with E-state index in [9.17, 15) is 9.59 Å². The molecule has 0 spiro atoms. The summed E-state index contributed by atoms with van der Waals surface area (Å²) in [4.78, 5) is 26.7. The van der Waals surface area contributed by atoms with Gasteiger partial charge in [-0.2, -0.15) is 0 Å². The van der Waals surface area contributed by atoms with Gasteiger partial charge in [0.2, 0.25) is 5.91 Å². The average molecular weight is 428 g/mol. The Morgan fingerprint density at radius 1 is 1.16 bits per heavy atom. The van der Waals surface area contributed by atoms with Gasteiger partial charge in [-0.3, -0.25) is 9.59 Å². The molecule has 2 aliphatic heterocycles. The number of piperidine rings is 1. The van der Waals surface area contributed by atoms with E-state index in [1.165, 1.54) is 14.2 Å². The minimum atomic E-state index is -1.59. The van der Waals surface area contributed by atoms with E-state index in [-0.39, 0.29) is 44.2 Å². The van der Waals surface area contributed by atoms with Gasteiger partial charge in [0.25, 0.3) is 5.91 Å². The van der Waals surface area contributed by atoms with E-state index in [0.29, 0.717) is 28.5 Å². The van der Waals surface area contributed by atoms with Crippen molar-refractivity contribution >= 4 is 17.5 Å². The smallest absolute Gasteiger partial charge is 0.266 e. The molecule has 164 valence electrons. The minimum absolute atomic E-state index is 0.0908. The number of carbonyl (C=O) groups excluding carboxylic acids is 2. The van der Waals surface area contributed by atoms with E-state index in [4.69, 9.17) is 14.2 Å². The van der Waals surface area contributed by atoms with Gasteiger partial charge in [-0.25, -0.2) is 4.39 Å². The number of nitrogens with zero attached hydrogens (tertiary/aromatic N) is 1. The normalized spacial score (nSPS) is 19.6. The molecule has 1 fully saturated rings. The molecule has 2 aromatic rings. The number of ether oxygens (including phenoxy) is 3. The molecule has 0 saturated carbocycles. The fourth-order valence-corrected chi connectivity index (χ4v) is 3.98. The van der Waals surface area contributed by atoms with Crippen molar-refractivity contribution < 1.29 is 28.2 Å².